The number of ether oxygens (including phenoxy) is 3. The zero-order valence-corrected chi connectivity index (χ0v) is 18.8. The largest absolute Gasteiger partial charge is 0.489 e. The molecule has 0 saturated carbocycles. The summed E-state index contributed by atoms with van der Waals surface area (Å²) in [5.41, 5.74) is 3.54. The van der Waals surface area contributed by atoms with Crippen LogP contribution in [0.2, 0.25) is 0 Å². The predicted molar refractivity (Wildman–Crippen MR) is 126 cm³/mol. The van der Waals surface area contributed by atoms with Crippen LogP contribution in [0.1, 0.15) is 23.7 Å². The molecule has 170 valence electrons. The molecule has 1 saturated heterocycles. The summed E-state index contributed by atoms with van der Waals surface area (Å²) in [6.45, 7) is 0.724. The highest BCUT2D eigenvalue weighted by molar-refractivity contribution is 7.08. The summed E-state index contributed by atoms with van der Waals surface area (Å²) in [7, 11) is 1.52. The molecule has 3 heterocycles. The van der Waals surface area contributed by atoms with Crippen molar-refractivity contribution in [3.63, 3.8) is 0 Å². The van der Waals surface area contributed by atoms with E-state index in [2.05, 4.69) is 0 Å². The summed E-state index contributed by atoms with van der Waals surface area (Å²) in [5.74, 6) is 0.608. The first kappa shape index (κ1) is 21.8. The van der Waals surface area contributed by atoms with Crippen LogP contribution in [0.15, 0.2) is 74.6 Å². The molecule has 4 aromatic rings. The number of rotatable bonds is 6. The first-order chi connectivity index (χ1) is 16.1. The van der Waals surface area contributed by atoms with Gasteiger partial charge in [0.25, 0.3) is 0 Å². The summed E-state index contributed by atoms with van der Waals surface area (Å²) >= 11 is 1.58. The van der Waals surface area contributed by atoms with Crippen LogP contribution in [-0.2, 0) is 16.1 Å². The fourth-order valence-corrected chi connectivity index (χ4v) is 4.84. The van der Waals surface area contributed by atoms with Gasteiger partial charge >= 0.3 is 5.63 Å². The number of fused-ring (bicyclic) bond motifs is 1. The molecular formula is C26H23FO5S. The Morgan fingerprint density at radius 3 is 2.88 bits per heavy atom. The molecule has 0 spiro atoms. The molecule has 0 amide bonds. The molecule has 3 atom stereocenters. The van der Waals surface area contributed by atoms with Gasteiger partial charge in [0.1, 0.15) is 24.0 Å². The highest BCUT2D eigenvalue weighted by Crippen LogP contribution is 2.34. The van der Waals surface area contributed by atoms with Gasteiger partial charge in [-0.05, 0) is 58.1 Å². The van der Waals surface area contributed by atoms with Crippen LogP contribution < -0.4 is 10.4 Å². The van der Waals surface area contributed by atoms with E-state index < -0.39 is 24.0 Å². The molecule has 1 aliphatic heterocycles. The highest BCUT2D eigenvalue weighted by Gasteiger charge is 2.35. The second-order valence-electron chi connectivity index (χ2n) is 7.98. The van der Waals surface area contributed by atoms with Gasteiger partial charge in [0.05, 0.1) is 12.7 Å². The van der Waals surface area contributed by atoms with Crippen molar-refractivity contribution in [2.45, 2.75) is 31.4 Å². The lowest BCUT2D eigenvalue weighted by molar-refractivity contribution is -0.117. The quantitative estimate of drug-likeness (QED) is 0.331. The second-order valence-corrected chi connectivity index (χ2v) is 8.76. The molecule has 1 aliphatic rings. The van der Waals surface area contributed by atoms with E-state index in [1.165, 1.54) is 13.2 Å². The first-order valence-electron chi connectivity index (χ1n) is 10.7. The van der Waals surface area contributed by atoms with E-state index in [0.29, 0.717) is 29.9 Å². The van der Waals surface area contributed by atoms with E-state index in [0.717, 1.165) is 22.1 Å². The second kappa shape index (κ2) is 9.47. The maximum absolute atomic E-state index is 14.8. The fourth-order valence-electron chi connectivity index (χ4n) is 4.19. The minimum Gasteiger partial charge on any atom is -0.489 e. The normalized spacial score (nSPS) is 20.7. The number of halogens is 1. The number of methoxy groups -OCH3 is 1. The Labute approximate surface area is 194 Å². The molecule has 0 N–H and O–H groups in total. The summed E-state index contributed by atoms with van der Waals surface area (Å²) in [5, 5.41) is 4.85. The van der Waals surface area contributed by atoms with Crippen molar-refractivity contribution in [2.24, 2.45) is 0 Å². The lowest BCUT2D eigenvalue weighted by Gasteiger charge is -2.32. The molecule has 0 aliphatic carbocycles. The smallest absolute Gasteiger partial charge is 0.336 e. The van der Waals surface area contributed by atoms with E-state index in [1.807, 2.05) is 53.2 Å². The van der Waals surface area contributed by atoms with Gasteiger partial charge in [-0.2, -0.15) is 11.3 Å². The average molecular weight is 467 g/mol. The van der Waals surface area contributed by atoms with Crippen molar-refractivity contribution in [3.05, 3.63) is 86.9 Å². The zero-order chi connectivity index (χ0) is 22.8. The third-order valence-corrected chi connectivity index (χ3v) is 6.56. The number of alkyl halides is 1. The van der Waals surface area contributed by atoms with Crippen LogP contribution >= 0.6 is 11.3 Å². The molecule has 5 nitrogen and oxygen atoms in total. The SMILES string of the molecule is COC1CCOC(c2cccc(OCc3ccc4c(-c5ccsc5)cc(=O)oc4c3)c2)C1F. The molecule has 2 aromatic heterocycles. The Morgan fingerprint density at radius 1 is 1.15 bits per heavy atom. The van der Waals surface area contributed by atoms with Gasteiger partial charge in [-0.1, -0.05) is 24.3 Å². The van der Waals surface area contributed by atoms with Gasteiger partial charge in [0, 0.05) is 24.1 Å². The third kappa shape index (κ3) is 4.57. The molecular weight excluding hydrogens is 443 g/mol. The third-order valence-electron chi connectivity index (χ3n) is 5.88. The van der Waals surface area contributed by atoms with Crippen LogP contribution in [-0.4, -0.2) is 26.0 Å². The van der Waals surface area contributed by atoms with Gasteiger partial charge in [0.2, 0.25) is 0 Å². The Hall–Kier alpha value is -3.00. The van der Waals surface area contributed by atoms with Crippen molar-refractivity contribution in [1.29, 1.82) is 0 Å². The van der Waals surface area contributed by atoms with E-state index in [-0.39, 0.29) is 6.61 Å². The van der Waals surface area contributed by atoms with Crippen LogP contribution in [0.5, 0.6) is 5.75 Å². The van der Waals surface area contributed by atoms with Gasteiger partial charge in [-0.15, -0.1) is 0 Å². The molecule has 33 heavy (non-hydrogen) atoms. The summed E-state index contributed by atoms with van der Waals surface area (Å²) in [6.07, 6.45) is -1.85. The number of hydrogen-bond acceptors (Lipinski definition) is 6. The Kier molecular flexibility index (Phi) is 6.26. The van der Waals surface area contributed by atoms with Crippen LogP contribution in [0.3, 0.4) is 0 Å². The van der Waals surface area contributed by atoms with Crippen molar-refractivity contribution < 1.29 is 23.0 Å². The maximum atomic E-state index is 14.8. The van der Waals surface area contributed by atoms with Crippen molar-refractivity contribution >= 4 is 22.3 Å². The summed E-state index contributed by atoms with van der Waals surface area (Å²) < 4.78 is 37.1. The minimum atomic E-state index is -1.24. The molecule has 5 rings (SSSR count). The number of hydrogen-bond donors (Lipinski definition) is 0. The molecule has 7 heteroatoms. The zero-order valence-electron chi connectivity index (χ0n) is 18.0. The van der Waals surface area contributed by atoms with Crippen molar-refractivity contribution in [1.82, 2.24) is 0 Å². The van der Waals surface area contributed by atoms with E-state index in [9.17, 15) is 9.18 Å². The van der Waals surface area contributed by atoms with Gasteiger partial charge < -0.3 is 18.6 Å². The Balaban J connectivity index is 1.35. The molecule has 2 aromatic carbocycles. The molecule has 0 radical (unpaired) electrons. The summed E-state index contributed by atoms with van der Waals surface area (Å²) in [6, 6.07) is 16.5. The van der Waals surface area contributed by atoms with Gasteiger partial charge in [-0.3, -0.25) is 0 Å². The molecule has 3 unspecified atom stereocenters. The monoisotopic (exact) mass is 466 g/mol. The number of benzene rings is 2. The standard InChI is InChI=1S/C26H23FO5S/c1-29-22-7-9-30-26(25(22)27)17-3-2-4-19(12-17)31-14-16-5-6-20-21(18-8-10-33-15-18)13-24(28)32-23(20)11-16/h2-6,8,10-13,15,22,25-26H,7,9,14H2,1H3. The van der Waals surface area contributed by atoms with Crippen LogP contribution in [0, 0.1) is 0 Å². The maximum Gasteiger partial charge on any atom is 0.336 e. The highest BCUT2D eigenvalue weighted by atomic mass is 32.1. The van der Waals surface area contributed by atoms with Crippen LogP contribution in [0.25, 0.3) is 22.1 Å². The van der Waals surface area contributed by atoms with E-state index in [4.69, 9.17) is 18.6 Å². The van der Waals surface area contributed by atoms with Crippen molar-refractivity contribution in [2.75, 3.05) is 13.7 Å². The van der Waals surface area contributed by atoms with Crippen LogP contribution in [0.4, 0.5) is 4.39 Å². The first-order valence-corrected chi connectivity index (χ1v) is 11.7. The minimum absolute atomic E-state index is 0.275. The van der Waals surface area contributed by atoms with Crippen molar-refractivity contribution in [3.8, 4) is 16.9 Å². The fraction of sp³-hybridized carbons (Fsp3) is 0.269. The summed E-state index contributed by atoms with van der Waals surface area (Å²) in [4.78, 5) is 12.1. The molecule has 1 fully saturated rings. The Morgan fingerprint density at radius 2 is 2.06 bits per heavy atom. The topological polar surface area (TPSA) is 57.9 Å². The predicted octanol–water partition coefficient (Wildman–Crippen LogP) is 5.92. The van der Waals surface area contributed by atoms with E-state index >= 15 is 0 Å². The lowest BCUT2D eigenvalue weighted by atomic mass is 9.97. The van der Waals surface area contributed by atoms with E-state index in [1.54, 1.807) is 17.4 Å². The number of thiophene rings is 1. The molecule has 0 bridgehead atoms. The Bertz CT molecular complexity index is 1300. The average Bonchev–Trinajstić information content (AvgIpc) is 3.37. The van der Waals surface area contributed by atoms with Gasteiger partial charge in [0.15, 0.2) is 6.17 Å². The lowest BCUT2D eigenvalue weighted by Crippen LogP contribution is -2.37. The van der Waals surface area contributed by atoms with Gasteiger partial charge in [-0.25, -0.2) is 9.18 Å².